The van der Waals surface area contributed by atoms with Crippen LogP contribution in [0.25, 0.3) is 0 Å². The van der Waals surface area contributed by atoms with E-state index in [0.29, 0.717) is 10.6 Å². The number of benzene rings is 1. The topological polar surface area (TPSA) is 32.3 Å². The summed E-state index contributed by atoms with van der Waals surface area (Å²) in [7, 11) is 0. The average Bonchev–Trinajstić information content (AvgIpc) is 2.62. The van der Waals surface area contributed by atoms with Crippen molar-refractivity contribution in [2.24, 2.45) is 0 Å². The lowest BCUT2D eigenvalue weighted by Gasteiger charge is -2.48. The van der Waals surface area contributed by atoms with Crippen LogP contribution in [-0.2, 0) is 0 Å². The third kappa shape index (κ3) is 3.89. The maximum Gasteiger partial charge on any atom is 0.252 e. The summed E-state index contributed by atoms with van der Waals surface area (Å²) < 4.78 is 0. The van der Waals surface area contributed by atoms with Gasteiger partial charge in [-0.2, -0.15) is 0 Å². The normalized spacial score (nSPS) is 21.8. The highest BCUT2D eigenvalue weighted by atomic mass is 35.5. The highest BCUT2D eigenvalue weighted by Gasteiger charge is 2.38. The van der Waals surface area contributed by atoms with Crippen LogP contribution in [0.2, 0.25) is 5.02 Å². The zero-order valence-corrected chi connectivity index (χ0v) is 14.6. The van der Waals surface area contributed by atoms with Gasteiger partial charge in [-0.1, -0.05) is 49.4 Å². The summed E-state index contributed by atoms with van der Waals surface area (Å²) in [6.45, 7) is 3.11. The van der Waals surface area contributed by atoms with Gasteiger partial charge in [0.25, 0.3) is 5.91 Å². The van der Waals surface area contributed by atoms with E-state index in [2.05, 4.69) is 10.2 Å². The summed E-state index contributed by atoms with van der Waals surface area (Å²) in [4.78, 5) is 15.2. The Bertz CT molecular complexity index is 534. The first-order valence-corrected chi connectivity index (χ1v) is 9.37. The van der Waals surface area contributed by atoms with Crippen LogP contribution < -0.4 is 5.32 Å². The predicted octanol–water partition coefficient (Wildman–Crippen LogP) is 4.26. The van der Waals surface area contributed by atoms with Gasteiger partial charge >= 0.3 is 0 Å². The van der Waals surface area contributed by atoms with Crippen LogP contribution in [0.1, 0.15) is 61.7 Å². The van der Waals surface area contributed by atoms with E-state index in [9.17, 15) is 4.79 Å². The summed E-state index contributed by atoms with van der Waals surface area (Å²) in [5.74, 6) is -0.0439. The number of amides is 1. The van der Waals surface area contributed by atoms with Gasteiger partial charge in [0.15, 0.2) is 0 Å². The molecule has 0 radical (unpaired) electrons. The monoisotopic (exact) mass is 334 g/mol. The van der Waals surface area contributed by atoms with Crippen LogP contribution in [0.4, 0.5) is 0 Å². The molecule has 1 aliphatic carbocycles. The zero-order chi connectivity index (χ0) is 16.1. The van der Waals surface area contributed by atoms with Gasteiger partial charge in [0, 0.05) is 12.1 Å². The lowest BCUT2D eigenvalue weighted by molar-refractivity contribution is 0.0326. The third-order valence-corrected chi connectivity index (χ3v) is 5.84. The fraction of sp³-hybridized carbons (Fsp3) is 0.632. The van der Waals surface area contributed by atoms with Crippen LogP contribution in [-0.4, -0.2) is 36.0 Å². The number of carbonyl (C=O) groups excluding carboxylic acids is 1. The number of hydrogen-bond acceptors (Lipinski definition) is 2. The van der Waals surface area contributed by atoms with Crippen molar-refractivity contribution >= 4 is 17.5 Å². The van der Waals surface area contributed by atoms with Crippen LogP contribution in [0.3, 0.4) is 0 Å². The second-order valence-corrected chi connectivity index (χ2v) is 7.40. The summed E-state index contributed by atoms with van der Waals surface area (Å²) in [6.07, 6.45) is 10.2. The van der Waals surface area contributed by atoms with Crippen molar-refractivity contribution < 1.29 is 4.79 Å². The standard InChI is InChI=1S/C19H27ClN2O/c20-17-10-4-3-9-16(17)18(23)21-15-19(11-5-1-6-12-19)22-13-7-2-8-14-22/h3-4,9-10H,1-2,5-8,11-15H2,(H,21,23). The Morgan fingerprint density at radius 1 is 1.04 bits per heavy atom. The second-order valence-electron chi connectivity index (χ2n) is 7.00. The van der Waals surface area contributed by atoms with Crippen molar-refractivity contribution in [3.05, 3.63) is 34.9 Å². The third-order valence-electron chi connectivity index (χ3n) is 5.51. The van der Waals surface area contributed by atoms with Crippen molar-refractivity contribution in [2.75, 3.05) is 19.6 Å². The van der Waals surface area contributed by atoms with Crippen molar-refractivity contribution in [3.63, 3.8) is 0 Å². The first kappa shape index (κ1) is 16.8. The minimum absolute atomic E-state index is 0.0439. The van der Waals surface area contributed by atoms with Crippen molar-refractivity contribution in [1.82, 2.24) is 10.2 Å². The number of halogens is 1. The molecule has 1 aromatic carbocycles. The highest BCUT2D eigenvalue weighted by molar-refractivity contribution is 6.33. The number of carbonyl (C=O) groups is 1. The molecule has 0 unspecified atom stereocenters. The van der Waals surface area contributed by atoms with Crippen molar-refractivity contribution in [1.29, 1.82) is 0 Å². The minimum atomic E-state index is -0.0439. The molecule has 1 amide bonds. The summed E-state index contributed by atoms with van der Waals surface area (Å²) in [5, 5.41) is 3.71. The zero-order valence-electron chi connectivity index (χ0n) is 13.8. The quantitative estimate of drug-likeness (QED) is 0.892. The van der Waals surface area contributed by atoms with Gasteiger partial charge in [0.2, 0.25) is 0 Å². The number of piperidine rings is 1. The molecule has 126 valence electrons. The summed E-state index contributed by atoms with van der Waals surface area (Å²) in [5.41, 5.74) is 0.744. The van der Waals surface area contributed by atoms with Crippen LogP contribution in [0, 0.1) is 0 Å². The van der Waals surface area contributed by atoms with Gasteiger partial charge in [-0.15, -0.1) is 0 Å². The largest absolute Gasteiger partial charge is 0.350 e. The van der Waals surface area contributed by atoms with Gasteiger partial charge in [-0.25, -0.2) is 0 Å². The molecule has 1 saturated carbocycles. The average molecular weight is 335 g/mol. The molecular formula is C19H27ClN2O. The number of nitrogens with one attached hydrogen (secondary N) is 1. The first-order valence-electron chi connectivity index (χ1n) is 8.99. The Morgan fingerprint density at radius 2 is 1.70 bits per heavy atom. The molecule has 0 spiro atoms. The molecule has 1 aliphatic heterocycles. The molecule has 0 bridgehead atoms. The molecule has 1 aromatic rings. The van der Waals surface area contributed by atoms with E-state index in [1.807, 2.05) is 12.1 Å². The molecule has 1 N–H and O–H groups in total. The van der Waals surface area contributed by atoms with Crippen molar-refractivity contribution in [3.8, 4) is 0 Å². The van der Waals surface area contributed by atoms with Crippen LogP contribution in [0.5, 0.6) is 0 Å². The Hall–Kier alpha value is -1.06. The van der Waals surface area contributed by atoms with Gasteiger partial charge < -0.3 is 5.32 Å². The molecule has 2 fully saturated rings. The molecule has 0 aromatic heterocycles. The van der Waals surface area contributed by atoms with Gasteiger partial charge in [-0.05, 0) is 50.9 Å². The molecule has 23 heavy (non-hydrogen) atoms. The van der Waals surface area contributed by atoms with Gasteiger partial charge in [0.05, 0.1) is 10.6 Å². The Labute approximate surface area is 144 Å². The SMILES string of the molecule is O=C(NCC1(N2CCCCC2)CCCCC1)c1ccccc1Cl. The van der Waals surface area contributed by atoms with Crippen molar-refractivity contribution in [2.45, 2.75) is 56.9 Å². The fourth-order valence-corrected chi connectivity index (χ4v) is 4.39. The Morgan fingerprint density at radius 3 is 2.39 bits per heavy atom. The van der Waals surface area contributed by atoms with Crippen LogP contribution >= 0.6 is 11.6 Å². The fourth-order valence-electron chi connectivity index (χ4n) is 4.17. The summed E-state index contributed by atoms with van der Waals surface area (Å²) in [6, 6.07) is 7.29. The molecule has 2 aliphatic rings. The number of nitrogens with zero attached hydrogens (tertiary/aromatic N) is 1. The molecule has 3 nitrogen and oxygen atoms in total. The Kier molecular flexibility index (Phi) is 5.60. The smallest absolute Gasteiger partial charge is 0.252 e. The molecule has 4 heteroatoms. The Balaban J connectivity index is 1.69. The molecule has 1 heterocycles. The maximum absolute atomic E-state index is 12.5. The van der Waals surface area contributed by atoms with Gasteiger partial charge in [0.1, 0.15) is 0 Å². The highest BCUT2D eigenvalue weighted by Crippen LogP contribution is 2.35. The molecule has 0 atom stereocenters. The first-order chi connectivity index (χ1) is 11.2. The van der Waals surface area contributed by atoms with E-state index in [1.165, 1.54) is 64.5 Å². The van der Waals surface area contributed by atoms with E-state index in [-0.39, 0.29) is 11.4 Å². The maximum atomic E-state index is 12.5. The number of likely N-dealkylation sites (tertiary alicyclic amines) is 1. The van der Waals surface area contributed by atoms with E-state index in [4.69, 9.17) is 11.6 Å². The molecule has 3 rings (SSSR count). The number of hydrogen-bond donors (Lipinski definition) is 1. The minimum Gasteiger partial charge on any atom is -0.350 e. The van der Waals surface area contributed by atoms with E-state index >= 15 is 0 Å². The summed E-state index contributed by atoms with van der Waals surface area (Å²) >= 11 is 6.15. The molecular weight excluding hydrogens is 308 g/mol. The van der Waals surface area contributed by atoms with E-state index in [0.717, 1.165) is 6.54 Å². The molecule has 1 saturated heterocycles. The van der Waals surface area contributed by atoms with Gasteiger partial charge in [-0.3, -0.25) is 9.69 Å². The number of rotatable bonds is 4. The predicted molar refractivity (Wildman–Crippen MR) is 95.0 cm³/mol. The lowest BCUT2D eigenvalue weighted by atomic mass is 9.79. The van der Waals surface area contributed by atoms with E-state index in [1.54, 1.807) is 12.1 Å². The lowest BCUT2D eigenvalue weighted by Crippen LogP contribution is -2.58. The second kappa shape index (κ2) is 7.67. The van der Waals surface area contributed by atoms with Crippen LogP contribution in [0.15, 0.2) is 24.3 Å². The van der Waals surface area contributed by atoms with E-state index < -0.39 is 0 Å².